The van der Waals surface area contributed by atoms with E-state index in [0.717, 1.165) is 49.9 Å². The van der Waals surface area contributed by atoms with Crippen molar-refractivity contribution in [3.63, 3.8) is 0 Å². The maximum Gasteiger partial charge on any atom is 0.235 e. The van der Waals surface area contributed by atoms with Gasteiger partial charge in [-0.2, -0.15) is 0 Å². The number of rotatable bonds is 5. The second-order valence-corrected chi connectivity index (χ2v) is 18.9. The van der Waals surface area contributed by atoms with E-state index >= 15 is 0 Å². The molecule has 0 aliphatic carbocycles. The van der Waals surface area contributed by atoms with E-state index in [1.807, 2.05) is 11.3 Å². The van der Waals surface area contributed by atoms with Crippen molar-refractivity contribution in [1.29, 1.82) is 0 Å². The topological polar surface area (TPSA) is 35.6 Å². The van der Waals surface area contributed by atoms with Crippen LogP contribution in [0.2, 0.25) is 0 Å². The lowest BCUT2D eigenvalue weighted by atomic mass is 9.96. The van der Waals surface area contributed by atoms with Crippen LogP contribution in [0.15, 0.2) is 218 Å². The molecule has 0 radical (unpaired) electrons. The first-order chi connectivity index (χ1) is 33.2. The Kier molecular flexibility index (Phi) is 7.63. The minimum Gasteiger partial charge on any atom is -0.309 e. The third-order valence-electron chi connectivity index (χ3n) is 14.0. The minimum absolute atomic E-state index is 0.638. The highest BCUT2D eigenvalue weighted by atomic mass is 32.1. The standard InChI is InChI=1S/C62H36N4S/c1-3-12-40-30-43(23-20-37(40)10-1)52-36-53(44-24-21-38-11-2-4-13-41(38)31-44)64-62(63-52)66-54-17-7-5-15-48(54)50-33-42(26-28-55(50)66)46-32-45-25-22-39-14-9-18-56-60(39)61(45)57(34-46)65(56)47-27-29-59-51(35-47)49-16-6-8-19-58(49)67-59/h1-36H. The average molecular weight is 869 g/mol. The molecule has 5 heteroatoms. The van der Waals surface area contributed by atoms with Gasteiger partial charge in [0.25, 0.3) is 0 Å². The van der Waals surface area contributed by atoms with E-state index < -0.39 is 0 Å². The summed E-state index contributed by atoms with van der Waals surface area (Å²) in [5.41, 5.74) is 11.9. The first-order valence-electron chi connectivity index (χ1n) is 22.8. The number of hydrogen-bond donors (Lipinski definition) is 0. The van der Waals surface area contributed by atoms with Gasteiger partial charge in [-0.05, 0) is 122 Å². The fourth-order valence-electron chi connectivity index (χ4n) is 10.9. The quantitative estimate of drug-likeness (QED) is 0.162. The van der Waals surface area contributed by atoms with E-state index in [9.17, 15) is 0 Å². The summed E-state index contributed by atoms with van der Waals surface area (Å²) in [5.74, 6) is 0.638. The summed E-state index contributed by atoms with van der Waals surface area (Å²) < 4.78 is 7.36. The SMILES string of the molecule is c1ccc2cc(-c3cc(-c4ccc5ccccc5c4)nc(-n4c5ccccc5c5cc(-c6cc7ccc8cccc9c8c7c(c6)n9-c6ccc7sc8ccccc8c7c6)ccc54)n3)ccc2c1. The van der Waals surface area contributed by atoms with E-state index in [1.54, 1.807) is 0 Å². The maximum atomic E-state index is 5.42. The smallest absolute Gasteiger partial charge is 0.235 e. The Labute approximate surface area is 388 Å². The Hall–Kier alpha value is -8.64. The Balaban J connectivity index is 0.937. The van der Waals surface area contributed by atoms with Gasteiger partial charge in [-0.15, -0.1) is 11.3 Å². The van der Waals surface area contributed by atoms with Gasteiger partial charge in [0, 0.05) is 58.5 Å². The van der Waals surface area contributed by atoms with Crippen LogP contribution in [0.5, 0.6) is 0 Å². The van der Waals surface area contributed by atoms with E-state index in [2.05, 4.69) is 228 Å². The normalized spacial score (nSPS) is 12.2. The molecule has 0 unspecified atom stereocenters. The Morgan fingerprint density at radius 1 is 0.299 bits per heavy atom. The van der Waals surface area contributed by atoms with Crippen molar-refractivity contribution in [2.75, 3.05) is 0 Å². The molecule has 0 aliphatic rings. The van der Waals surface area contributed by atoms with Gasteiger partial charge in [-0.1, -0.05) is 140 Å². The van der Waals surface area contributed by atoms with Crippen molar-refractivity contribution in [2.24, 2.45) is 0 Å². The van der Waals surface area contributed by atoms with Crippen LogP contribution in [0.1, 0.15) is 0 Å². The van der Waals surface area contributed by atoms with E-state index in [0.29, 0.717) is 5.95 Å². The molecule has 0 amide bonds. The molecular weight excluding hydrogens is 833 g/mol. The largest absolute Gasteiger partial charge is 0.309 e. The molecule has 0 atom stereocenters. The molecule has 15 aromatic rings. The van der Waals surface area contributed by atoms with Gasteiger partial charge >= 0.3 is 0 Å². The number of aromatic nitrogens is 4. The fraction of sp³-hybridized carbons (Fsp3) is 0. The lowest BCUT2D eigenvalue weighted by molar-refractivity contribution is 0.996. The molecule has 310 valence electrons. The van der Waals surface area contributed by atoms with Gasteiger partial charge in [0.1, 0.15) is 0 Å². The molecule has 0 spiro atoms. The predicted octanol–water partition coefficient (Wildman–Crippen LogP) is 16.9. The average Bonchev–Trinajstić information content (AvgIpc) is 4.05. The molecule has 0 aliphatic heterocycles. The van der Waals surface area contributed by atoms with Crippen LogP contribution in [-0.2, 0) is 0 Å². The van der Waals surface area contributed by atoms with Gasteiger partial charge in [-0.3, -0.25) is 4.57 Å². The van der Waals surface area contributed by atoms with Crippen molar-refractivity contribution in [3.05, 3.63) is 218 Å². The summed E-state index contributed by atoms with van der Waals surface area (Å²) in [6, 6.07) is 79.8. The number of para-hydroxylation sites is 1. The second-order valence-electron chi connectivity index (χ2n) is 17.8. The van der Waals surface area contributed by atoms with Gasteiger partial charge in [0.15, 0.2) is 0 Å². The molecule has 0 saturated heterocycles. The van der Waals surface area contributed by atoms with Gasteiger partial charge in [-0.25, -0.2) is 9.97 Å². The summed E-state index contributed by atoms with van der Waals surface area (Å²) in [6.45, 7) is 0. The molecule has 0 N–H and O–H groups in total. The fourth-order valence-corrected chi connectivity index (χ4v) is 12.0. The lowest BCUT2D eigenvalue weighted by Gasteiger charge is -2.13. The molecule has 4 aromatic heterocycles. The Morgan fingerprint density at radius 2 is 0.881 bits per heavy atom. The lowest BCUT2D eigenvalue weighted by Crippen LogP contribution is -2.04. The van der Waals surface area contributed by atoms with E-state index in [1.165, 1.54) is 85.5 Å². The van der Waals surface area contributed by atoms with Gasteiger partial charge in [0.05, 0.1) is 33.5 Å². The number of benzene rings is 11. The molecule has 4 heterocycles. The van der Waals surface area contributed by atoms with Crippen molar-refractivity contribution in [2.45, 2.75) is 0 Å². The van der Waals surface area contributed by atoms with Gasteiger partial charge < -0.3 is 4.57 Å². The molecule has 15 rings (SSSR count). The third-order valence-corrected chi connectivity index (χ3v) is 15.2. The van der Waals surface area contributed by atoms with Crippen LogP contribution in [0.25, 0.3) is 141 Å². The molecule has 11 aromatic carbocycles. The van der Waals surface area contributed by atoms with Crippen molar-refractivity contribution in [1.82, 2.24) is 19.1 Å². The molecule has 67 heavy (non-hydrogen) atoms. The first kappa shape index (κ1) is 36.7. The summed E-state index contributed by atoms with van der Waals surface area (Å²) >= 11 is 1.86. The van der Waals surface area contributed by atoms with Crippen LogP contribution in [0.3, 0.4) is 0 Å². The number of hydrogen-bond acceptors (Lipinski definition) is 3. The van der Waals surface area contributed by atoms with Crippen molar-refractivity contribution >= 4 is 107 Å². The maximum absolute atomic E-state index is 5.42. The zero-order valence-corrected chi connectivity index (χ0v) is 36.8. The summed E-state index contributed by atoms with van der Waals surface area (Å²) in [4.78, 5) is 10.8. The van der Waals surface area contributed by atoms with Crippen LogP contribution in [-0.4, -0.2) is 19.1 Å². The van der Waals surface area contributed by atoms with Crippen LogP contribution in [0, 0.1) is 0 Å². The number of thiophene rings is 1. The Morgan fingerprint density at radius 3 is 1.67 bits per heavy atom. The third kappa shape index (κ3) is 5.53. The molecule has 0 saturated carbocycles. The monoisotopic (exact) mass is 868 g/mol. The first-order valence-corrected chi connectivity index (χ1v) is 23.6. The highest BCUT2D eigenvalue weighted by Gasteiger charge is 2.21. The zero-order valence-electron chi connectivity index (χ0n) is 36.0. The molecule has 0 fully saturated rings. The summed E-state index contributed by atoms with van der Waals surface area (Å²) in [6.07, 6.45) is 0. The van der Waals surface area contributed by atoms with Crippen LogP contribution < -0.4 is 0 Å². The predicted molar refractivity (Wildman–Crippen MR) is 284 cm³/mol. The summed E-state index contributed by atoms with van der Waals surface area (Å²) in [7, 11) is 0. The van der Waals surface area contributed by atoms with Crippen LogP contribution in [0.4, 0.5) is 0 Å². The molecule has 0 bridgehead atoms. The zero-order chi connectivity index (χ0) is 43.7. The molecular formula is C62H36N4S. The van der Waals surface area contributed by atoms with Crippen molar-refractivity contribution in [3.8, 4) is 45.3 Å². The highest BCUT2D eigenvalue weighted by Crippen LogP contribution is 2.44. The van der Waals surface area contributed by atoms with Crippen LogP contribution >= 0.6 is 11.3 Å². The molecule has 4 nitrogen and oxygen atoms in total. The van der Waals surface area contributed by atoms with E-state index in [-0.39, 0.29) is 0 Å². The van der Waals surface area contributed by atoms with E-state index in [4.69, 9.17) is 9.97 Å². The highest BCUT2D eigenvalue weighted by molar-refractivity contribution is 7.25. The number of fused-ring (bicyclic) bond motifs is 8. The number of nitrogens with zero attached hydrogens (tertiary/aromatic N) is 4. The van der Waals surface area contributed by atoms with Gasteiger partial charge in [0.2, 0.25) is 5.95 Å². The van der Waals surface area contributed by atoms with Crippen molar-refractivity contribution < 1.29 is 0 Å². The second kappa shape index (κ2) is 13.9. The Bertz CT molecular complexity index is 4430. The minimum atomic E-state index is 0.638. The summed E-state index contributed by atoms with van der Waals surface area (Å²) in [5, 5.41) is 14.8.